The van der Waals surface area contributed by atoms with E-state index in [1.807, 2.05) is 0 Å². The number of alkyl halides is 1. The molecule has 0 aliphatic heterocycles. The predicted octanol–water partition coefficient (Wildman–Crippen LogP) is 3.09. The van der Waals surface area contributed by atoms with Crippen molar-refractivity contribution >= 4 is 11.6 Å². The van der Waals surface area contributed by atoms with Crippen molar-refractivity contribution in [1.82, 2.24) is 0 Å². The molecule has 0 radical (unpaired) electrons. The van der Waals surface area contributed by atoms with Gasteiger partial charge in [0.25, 0.3) is 0 Å². The van der Waals surface area contributed by atoms with Crippen LogP contribution in [0.3, 0.4) is 0 Å². The minimum absolute atomic E-state index is 0.399. The van der Waals surface area contributed by atoms with Crippen LogP contribution in [-0.4, -0.2) is 5.38 Å². The number of benzene rings is 1. The van der Waals surface area contributed by atoms with Gasteiger partial charge in [-0.1, -0.05) is 24.3 Å². The van der Waals surface area contributed by atoms with E-state index >= 15 is 0 Å². The van der Waals surface area contributed by atoms with E-state index in [0.717, 1.165) is 6.42 Å². The van der Waals surface area contributed by atoms with Crippen molar-refractivity contribution < 1.29 is 0 Å². The van der Waals surface area contributed by atoms with Gasteiger partial charge in [0.1, 0.15) is 0 Å². The van der Waals surface area contributed by atoms with E-state index in [9.17, 15) is 0 Å². The highest BCUT2D eigenvalue weighted by atomic mass is 35.5. The lowest BCUT2D eigenvalue weighted by atomic mass is 10.1. The molecular weight excluding hydrogens is 156 g/mol. The van der Waals surface area contributed by atoms with Gasteiger partial charge in [0.15, 0.2) is 0 Å². The molecule has 1 fully saturated rings. The first-order valence-electron chi connectivity index (χ1n) is 3.98. The maximum atomic E-state index is 5.96. The summed E-state index contributed by atoms with van der Waals surface area (Å²) in [5.74, 6) is 0.637. The summed E-state index contributed by atoms with van der Waals surface area (Å²) in [6.45, 7) is 2.15. The predicted molar refractivity (Wildman–Crippen MR) is 48.2 cm³/mol. The topological polar surface area (TPSA) is 0 Å². The Morgan fingerprint density at radius 1 is 1.36 bits per heavy atom. The zero-order chi connectivity index (χ0) is 7.84. The minimum atomic E-state index is 0.399. The van der Waals surface area contributed by atoms with Gasteiger partial charge in [-0.2, -0.15) is 0 Å². The van der Waals surface area contributed by atoms with Crippen molar-refractivity contribution in [3.05, 3.63) is 35.4 Å². The summed E-state index contributed by atoms with van der Waals surface area (Å²) >= 11 is 5.96. The minimum Gasteiger partial charge on any atom is -0.122 e. The molecule has 0 N–H and O–H groups in total. The molecule has 1 aromatic rings. The summed E-state index contributed by atoms with van der Waals surface area (Å²) in [5.41, 5.74) is 2.81. The largest absolute Gasteiger partial charge is 0.122 e. The summed E-state index contributed by atoms with van der Waals surface area (Å²) < 4.78 is 0. The lowest BCUT2D eigenvalue weighted by Gasteiger charge is -2.01. The Bertz CT molecular complexity index is 267. The molecule has 0 nitrogen and oxygen atoms in total. The van der Waals surface area contributed by atoms with Crippen LogP contribution in [0.1, 0.15) is 23.5 Å². The van der Waals surface area contributed by atoms with Crippen LogP contribution in [0.2, 0.25) is 0 Å². The standard InChI is InChI=1S/C10H11Cl/c1-7-4-2-3-5-8(7)9-6-10(9)11/h2-5,9-10H,6H2,1H3/t9-,10-/m0/s1. The van der Waals surface area contributed by atoms with Crippen molar-refractivity contribution in [3.8, 4) is 0 Å². The van der Waals surface area contributed by atoms with E-state index in [1.54, 1.807) is 0 Å². The fourth-order valence-corrected chi connectivity index (χ4v) is 1.82. The third-order valence-corrected chi connectivity index (χ3v) is 2.78. The highest BCUT2D eigenvalue weighted by Crippen LogP contribution is 2.46. The smallest absolute Gasteiger partial charge is 0.0411 e. The molecule has 11 heavy (non-hydrogen) atoms. The Kier molecular flexibility index (Phi) is 1.65. The van der Waals surface area contributed by atoms with Gasteiger partial charge in [-0.25, -0.2) is 0 Å². The lowest BCUT2D eigenvalue weighted by molar-refractivity contribution is 1.10. The van der Waals surface area contributed by atoms with Crippen molar-refractivity contribution in [2.75, 3.05) is 0 Å². The summed E-state index contributed by atoms with van der Waals surface area (Å²) in [5, 5.41) is 0.399. The van der Waals surface area contributed by atoms with E-state index in [0.29, 0.717) is 11.3 Å². The van der Waals surface area contributed by atoms with E-state index in [-0.39, 0.29) is 0 Å². The first kappa shape index (κ1) is 7.17. The molecule has 2 rings (SSSR count). The molecule has 1 saturated carbocycles. The van der Waals surface area contributed by atoms with E-state index in [2.05, 4.69) is 31.2 Å². The van der Waals surface area contributed by atoms with E-state index in [4.69, 9.17) is 11.6 Å². The number of hydrogen-bond acceptors (Lipinski definition) is 0. The van der Waals surface area contributed by atoms with Crippen LogP contribution in [-0.2, 0) is 0 Å². The molecular formula is C10H11Cl. The summed E-state index contributed by atoms with van der Waals surface area (Å²) in [6, 6.07) is 8.49. The molecule has 0 saturated heterocycles. The summed E-state index contributed by atoms with van der Waals surface area (Å²) in [7, 11) is 0. The molecule has 1 aliphatic carbocycles. The first-order chi connectivity index (χ1) is 5.29. The Hall–Kier alpha value is -0.490. The fraction of sp³-hybridized carbons (Fsp3) is 0.400. The summed E-state index contributed by atoms with van der Waals surface area (Å²) in [4.78, 5) is 0. The second kappa shape index (κ2) is 2.53. The molecule has 0 bridgehead atoms. The first-order valence-corrected chi connectivity index (χ1v) is 4.42. The summed E-state index contributed by atoms with van der Waals surface area (Å²) in [6.07, 6.45) is 1.16. The van der Waals surface area contributed by atoms with Gasteiger partial charge in [0.2, 0.25) is 0 Å². The van der Waals surface area contributed by atoms with Crippen LogP contribution >= 0.6 is 11.6 Å². The number of halogens is 1. The van der Waals surface area contributed by atoms with Crippen molar-refractivity contribution in [2.24, 2.45) is 0 Å². The third-order valence-electron chi connectivity index (χ3n) is 2.30. The highest BCUT2D eigenvalue weighted by Gasteiger charge is 2.36. The van der Waals surface area contributed by atoms with Crippen LogP contribution < -0.4 is 0 Å². The molecule has 1 heteroatoms. The molecule has 58 valence electrons. The van der Waals surface area contributed by atoms with Gasteiger partial charge in [0.05, 0.1) is 0 Å². The maximum absolute atomic E-state index is 5.96. The molecule has 1 aliphatic rings. The average Bonchev–Trinajstić information content (AvgIpc) is 2.68. The maximum Gasteiger partial charge on any atom is 0.0411 e. The Labute approximate surface area is 72.2 Å². The van der Waals surface area contributed by atoms with Crippen LogP contribution in [0, 0.1) is 6.92 Å². The molecule has 0 unspecified atom stereocenters. The second-order valence-electron chi connectivity index (χ2n) is 3.21. The number of hydrogen-bond donors (Lipinski definition) is 0. The Morgan fingerprint density at radius 2 is 2.00 bits per heavy atom. The average molecular weight is 167 g/mol. The van der Waals surface area contributed by atoms with Crippen molar-refractivity contribution in [2.45, 2.75) is 24.6 Å². The van der Waals surface area contributed by atoms with Crippen LogP contribution in [0.25, 0.3) is 0 Å². The molecule has 0 aromatic heterocycles. The van der Waals surface area contributed by atoms with Crippen LogP contribution in [0.4, 0.5) is 0 Å². The molecule has 1 aromatic carbocycles. The Balaban J connectivity index is 2.31. The van der Waals surface area contributed by atoms with Gasteiger partial charge < -0.3 is 0 Å². The highest BCUT2D eigenvalue weighted by molar-refractivity contribution is 6.23. The lowest BCUT2D eigenvalue weighted by Crippen LogP contribution is -1.85. The Morgan fingerprint density at radius 3 is 2.55 bits per heavy atom. The van der Waals surface area contributed by atoms with E-state index in [1.165, 1.54) is 11.1 Å². The van der Waals surface area contributed by atoms with Gasteiger partial charge in [-0.3, -0.25) is 0 Å². The van der Waals surface area contributed by atoms with Gasteiger partial charge in [-0.05, 0) is 24.5 Å². The zero-order valence-electron chi connectivity index (χ0n) is 6.55. The number of aryl methyl sites for hydroxylation is 1. The fourth-order valence-electron chi connectivity index (χ4n) is 1.49. The van der Waals surface area contributed by atoms with Crippen LogP contribution in [0.15, 0.2) is 24.3 Å². The van der Waals surface area contributed by atoms with Crippen LogP contribution in [0.5, 0.6) is 0 Å². The van der Waals surface area contributed by atoms with Gasteiger partial charge in [0, 0.05) is 11.3 Å². The van der Waals surface area contributed by atoms with Crippen molar-refractivity contribution in [3.63, 3.8) is 0 Å². The molecule has 2 atom stereocenters. The normalized spacial score (nSPS) is 28.5. The van der Waals surface area contributed by atoms with Gasteiger partial charge >= 0.3 is 0 Å². The molecule has 0 amide bonds. The molecule has 0 heterocycles. The van der Waals surface area contributed by atoms with E-state index < -0.39 is 0 Å². The number of rotatable bonds is 1. The second-order valence-corrected chi connectivity index (χ2v) is 3.78. The zero-order valence-corrected chi connectivity index (χ0v) is 7.31. The third kappa shape index (κ3) is 1.28. The SMILES string of the molecule is Cc1ccccc1[C@@H]1C[C@@H]1Cl. The van der Waals surface area contributed by atoms with Gasteiger partial charge in [-0.15, -0.1) is 11.6 Å². The monoisotopic (exact) mass is 166 g/mol. The molecule has 0 spiro atoms. The quantitative estimate of drug-likeness (QED) is 0.563. The van der Waals surface area contributed by atoms with Crippen molar-refractivity contribution in [1.29, 1.82) is 0 Å².